The minimum absolute atomic E-state index is 0.121. The summed E-state index contributed by atoms with van der Waals surface area (Å²) >= 11 is 0. The predicted octanol–water partition coefficient (Wildman–Crippen LogP) is 4.26. The summed E-state index contributed by atoms with van der Waals surface area (Å²) in [4.78, 5) is 45.5. The molecule has 0 amide bonds. The third kappa shape index (κ3) is 8.67. The molecular weight excluding hydrogens is 578 g/mol. The van der Waals surface area contributed by atoms with Gasteiger partial charge in [0, 0.05) is 55.6 Å². The molecule has 0 aromatic heterocycles. The first-order valence-corrected chi connectivity index (χ1v) is 15.4. The van der Waals surface area contributed by atoms with Gasteiger partial charge in [0.2, 0.25) is 0 Å². The lowest BCUT2D eigenvalue weighted by molar-refractivity contribution is -0.384. The Morgan fingerprint density at radius 2 is 1.78 bits per heavy atom. The number of nitro groups is 1. The number of aliphatic imine (C=N–C) groups is 1. The fraction of sp³-hybridized carbons (Fsp3) is 0.485. The van der Waals surface area contributed by atoms with E-state index in [9.17, 15) is 24.8 Å². The Balaban J connectivity index is 1.18. The highest BCUT2D eigenvalue weighted by Crippen LogP contribution is 2.40. The van der Waals surface area contributed by atoms with Crippen LogP contribution in [0.5, 0.6) is 5.75 Å². The molecule has 4 rings (SSSR count). The van der Waals surface area contributed by atoms with Crippen LogP contribution in [-0.2, 0) is 14.3 Å². The van der Waals surface area contributed by atoms with Crippen molar-refractivity contribution in [3.05, 3.63) is 75.5 Å². The number of non-ortho nitro benzene ring substituents is 1. The molecular formula is C33H43N5O7. The average molecular weight is 622 g/mol. The largest absolute Gasteiger partial charge is 0.495 e. The number of carbonyl (C=O) groups is 2. The van der Waals surface area contributed by atoms with Crippen molar-refractivity contribution in [1.82, 2.24) is 10.2 Å². The van der Waals surface area contributed by atoms with Gasteiger partial charge in [0.05, 0.1) is 29.9 Å². The van der Waals surface area contributed by atoms with Gasteiger partial charge in [-0.25, -0.2) is 4.79 Å². The van der Waals surface area contributed by atoms with Crippen molar-refractivity contribution in [2.45, 2.75) is 39.0 Å². The number of nitro benzene ring substituents is 1. The molecule has 2 heterocycles. The number of carboxylic acid groups (broad SMARTS) is 1. The molecule has 2 N–H and O–H groups in total. The molecule has 2 unspecified atom stereocenters. The highest BCUT2D eigenvalue weighted by atomic mass is 16.6. The number of nitrogens with zero attached hydrogens (tertiary/aromatic N) is 4. The van der Waals surface area contributed by atoms with Gasteiger partial charge in [-0.2, -0.15) is 0 Å². The first-order chi connectivity index (χ1) is 21.7. The van der Waals surface area contributed by atoms with Crippen LogP contribution in [0.4, 0.5) is 11.4 Å². The van der Waals surface area contributed by atoms with Crippen LogP contribution in [0.2, 0.25) is 0 Å². The van der Waals surface area contributed by atoms with Gasteiger partial charge in [0.1, 0.15) is 11.7 Å². The van der Waals surface area contributed by atoms with Gasteiger partial charge in [-0.05, 0) is 70.4 Å². The van der Waals surface area contributed by atoms with Gasteiger partial charge < -0.3 is 24.8 Å². The van der Waals surface area contributed by atoms with Gasteiger partial charge >= 0.3 is 11.9 Å². The fourth-order valence-electron chi connectivity index (χ4n) is 6.06. The second-order valence-corrected chi connectivity index (χ2v) is 11.3. The topological polar surface area (TPSA) is 147 Å². The van der Waals surface area contributed by atoms with Crippen LogP contribution in [0.1, 0.15) is 44.6 Å². The molecule has 1 fully saturated rings. The molecule has 45 heavy (non-hydrogen) atoms. The SMILES string of the molecule is COc1ccccc1N1CCN(CCCNCCCCOC(=O)C2=C(C)N=C(C)C(C(=O)O)C2c2cccc([N+](=O)[O-])c2)CC1. The van der Waals surface area contributed by atoms with Crippen LogP contribution in [0.15, 0.2) is 64.8 Å². The molecule has 2 aromatic rings. The van der Waals surface area contributed by atoms with E-state index in [0.717, 1.165) is 70.1 Å². The third-order valence-electron chi connectivity index (χ3n) is 8.36. The summed E-state index contributed by atoms with van der Waals surface area (Å²) in [5, 5.41) is 24.8. The summed E-state index contributed by atoms with van der Waals surface area (Å²) in [6, 6.07) is 13.9. The van der Waals surface area contributed by atoms with E-state index in [1.807, 2.05) is 18.2 Å². The van der Waals surface area contributed by atoms with Crippen LogP contribution >= 0.6 is 0 Å². The lowest BCUT2D eigenvalue weighted by Gasteiger charge is -2.36. The molecule has 2 aliphatic heterocycles. The zero-order chi connectivity index (χ0) is 32.3. The number of ether oxygens (including phenoxy) is 2. The maximum absolute atomic E-state index is 13.2. The Morgan fingerprint density at radius 1 is 1.04 bits per heavy atom. The minimum atomic E-state index is -1.16. The standard InChI is InChI=1S/C33H43N5O7/c1-23-29(32(39)40)31(25-10-8-11-26(22-25)38(42)43)30(24(2)35-23)33(41)45-21-7-6-14-34-15-9-16-36-17-19-37(20-18-36)27-12-4-5-13-28(27)44-3/h4-5,8,10-13,22,29,31,34H,6-7,9,14-21H2,1-3H3,(H,39,40). The number of esters is 1. The van der Waals surface area contributed by atoms with Crippen LogP contribution in [0.25, 0.3) is 0 Å². The molecule has 0 bridgehead atoms. The number of aliphatic carboxylic acids is 1. The molecule has 242 valence electrons. The van der Waals surface area contributed by atoms with Gasteiger partial charge in [-0.15, -0.1) is 0 Å². The van der Waals surface area contributed by atoms with Crippen molar-refractivity contribution in [2.75, 3.05) is 64.4 Å². The normalized spacial score (nSPS) is 18.8. The Labute approximate surface area is 263 Å². The highest BCUT2D eigenvalue weighted by Gasteiger charge is 2.42. The minimum Gasteiger partial charge on any atom is -0.495 e. The molecule has 2 atom stereocenters. The smallest absolute Gasteiger partial charge is 0.336 e. The number of unbranched alkanes of at least 4 members (excludes halogenated alkanes) is 1. The number of hydrogen-bond acceptors (Lipinski definition) is 10. The van der Waals surface area contributed by atoms with Crippen molar-refractivity contribution >= 4 is 29.0 Å². The number of rotatable bonds is 15. The lowest BCUT2D eigenvalue weighted by atomic mass is 9.75. The summed E-state index contributed by atoms with van der Waals surface area (Å²) < 4.78 is 11.1. The van der Waals surface area contributed by atoms with E-state index in [2.05, 4.69) is 26.2 Å². The molecule has 2 aromatic carbocycles. The van der Waals surface area contributed by atoms with Crippen molar-refractivity contribution in [2.24, 2.45) is 10.9 Å². The van der Waals surface area contributed by atoms with Crippen LogP contribution in [0, 0.1) is 16.0 Å². The predicted molar refractivity (Wildman–Crippen MR) is 172 cm³/mol. The number of para-hydroxylation sites is 2. The van der Waals surface area contributed by atoms with E-state index in [0.29, 0.717) is 23.4 Å². The van der Waals surface area contributed by atoms with Crippen molar-refractivity contribution in [3.8, 4) is 5.75 Å². The van der Waals surface area contributed by atoms with Gasteiger partial charge in [-0.1, -0.05) is 24.3 Å². The van der Waals surface area contributed by atoms with Gasteiger partial charge in [-0.3, -0.25) is 24.8 Å². The molecule has 12 heteroatoms. The highest BCUT2D eigenvalue weighted by molar-refractivity contribution is 6.06. The summed E-state index contributed by atoms with van der Waals surface area (Å²) in [5.74, 6) is -2.99. The lowest BCUT2D eigenvalue weighted by Crippen LogP contribution is -2.47. The second-order valence-electron chi connectivity index (χ2n) is 11.3. The third-order valence-corrected chi connectivity index (χ3v) is 8.36. The molecule has 2 aliphatic rings. The maximum Gasteiger partial charge on any atom is 0.336 e. The van der Waals surface area contributed by atoms with Crippen LogP contribution in [0.3, 0.4) is 0 Å². The van der Waals surface area contributed by atoms with E-state index in [1.165, 1.54) is 18.2 Å². The molecule has 0 saturated carbocycles. The van der Waals surface area contributed by atoms with Crippen molar-refractivity contribution in [1.29, 1.82) is 0 Å². The molecule has 0 radical (unpaired) electrons. The second kappa shape index (κ2) is 16.1. The number of nitrogens with one attached hydrogen (secondary N) is 1. The van der Waals surface area contributed by atoms with Crippen LogP contribution < -0.4 is 15.0 Å². The number of allylic oxidation sites excluding steroid dienone is 1. The van der Waals surface area contributed by atoms with Gasteiger partial charge in [0.25, 0.3) is 5.69 Å². The summed E-state index contributed by atoms with van der Waals surface area (Å²) in [6.07, 6.45) is 2.50. The Kier molecular flexibility index (Phi) is 12.1. The van der Waals surface area contributed by atoms with Crippen molar-refractivity contribution < 1.29 is 29.1 Å². The fourth-order valence-corrected chi connectivity index (χ4v) is 6.06. The number of carboxylic acids is 1. The first-order valence-electron chi connectivity index (χ1n) is 15.4. The Hall–Kier alpha value is -4.29. The molecule has 0 spiro atoms. The number of piperazine rings is 1. The summed E-state index contributed by atoms with van der Waals surface area (Å²) in [5.41, 5.74) is 2.13. The Morgan fingerprint density at radius 3 is 2.49 bits per heavy atom. The molecule has 0 aliphatic carbocycles. The number of hydrogen-bond donors (Lipinski definition) is 2. The van der Waals surface area contributed by atoms with Crippen molar-refractivity contribution in [3.63, 3.8) is 0 Å². The average Bonchev–Trinajstić information content (AvgIpc) is 3.03. The van der Waals surface area contributed by atoms with E-state index in [-0.39, 0.29) is 17.9 Å². The summed E-state index contributed by atoms with van der Waals surface area (Å²) in [7, 11) is 1.71. The van der Waals surface area contributed by atoms with Gasteiger partial charge in [0.15, 0.2) is 0 Å². The quantitative estimate of drug-likeness (QED) is 0.128. The van der Waals surface area contributed by atoms with E-state index in [1.54, 1.807) is 27.0 Å². The number of anilines is 1. The zero-order valence-electron chi connectivity index (χ0n) is 26.2. The van der Waals surface area contributed by atoms with E-state index < -0.39 is 28.7 Å². The molecule has 1 saturated heterocycles. The monoisotopic (exact) mass is 621 g/mol. The van der Waals surface area contributed by atoms with Crippen LogP contribution in [-0.4, -0.2) is 92.1 Å². The zero-order valence-corrected chi connectivity index (χ0v) is 26.2. The number of methoxy groups -OCH3 is 1. The number of benzene rings is 2. The Bertz CT molecular complexity index is 1420. The van der Waals surface area contributed by atoms with E-state index >= 15 is 0 Å². The summed E-state index contributed by atoms with van der Waals surface area (Å²) in [6.45, 7) is 10.1. The van der Waals surface area contributed by atoms with E-state index in [4.69, 9.17) is 9.47 Å². The maximum atomic E-state index is 13.2. The number of carbonyl (C=O) groups excluding carboxylic acids is 1. The molecule has 12 nitrogen and oxygen atoms in total. The first kappa shape index (κ1) is 33.6.